The summed E-state index contributed by atoms with van der Waals surface area (Å²) in [6.45, 7) is 1.20. The van der Waals surface area contributed by atoms with Crippen LogP contribution in [0.2, 0.25) is 0 Å². The fourth-order valence-corrected chi connectivity index (χ4v) is 2.66. The Morgan fingerprint density at radius 2 is 1.95 bits per heavy atom. The minimum atomic E-state index is -1.08. The molecule has 0 aliphatic heterocycles. The van der Waals surface area contributed by atoms with Gasteiger partial charge in [-0.05, 0) is 5.56 Å². The number of carbonyl (C=O) groups is 2. The van der Waals surface area contributed by atoms with Crippen molar-refractivity contribution in [2.45, 2.75) is 18.2 Å². The molecule has 0 fully saturated rings. The number of hydrogen-bond donors (Lipinski definition) is 3. The Kier molecular flexibility index (Phi) is 6.38. The third-order valence-corrected chi connectivity index (χ3v) is 3.83. The molecule has 0 radical (unpaired) electrons. The van der Waals surface area contributed by atoms with Crippen LogP contribution < -0.4 is 5.32 Å². The smallest absolute Gasteiger partial charge is 0.327 e. The number of aliphatic hydroxyl groups is 1. The predicted molar refractivity (Wildman–Crippen MR) is 74.0 cm³/mol. The van der Waals surface area contributed by atoms with E-state index >= 15 is 0 Å². The minimum Gasteiger partial charge on any atom is -0.480 e. The van der Waals surface area contributed by atoms with Crippen LogP contribution in [0.15, 0.2) is 30.3 Å². The van der Waals surface area contributed by atoms with Crippen molar-refractivity contribution in [2.24, 2.45) is 0 Å². The molecule has 0 saturated carbocycles. The van der Waals surface area contributed by atoms with Crippen LogP contribution in [-0.2, 0) is 9.59 Å². The highest BCUT2D eigenvalue weighted by molar-refractivity contribution is 7.99. The number of nitrogens with one attached hydrogen (secondary N) is 1. The number of amides is 1. The lowest BCUT2D eigenvalue weighted by atomic mass is 10.2. The molecule has 1 amide bonds. The molecule has 2 atom stereocenters. The highest BCUT2D eigenvalue weighted by Gasteiger charge is 2.21. The Balaban J connectivity index is 2.61. The Bertz CT molecular complexity index is 424. The maximum absolute atomic E-state index is 11.0. The number of rotatable bonds is 7. The van der Waals surface area contributed by atoms with Gasteiger partial charge in [0.2, 0.25) is 5.91 Å². The van der Waals surface area contributed by atoms with Crippen LogP contribution in [0.1, 0.15) is 17.7 Å². The summed E-state index contributed by atoms with van der Waals surface area (Å²) < 4.78 is 0. The SMILES string of the molecule is CC(=O)N[C@@H](CS[C@H](CO)c1ccccc1)C(=O)O. The van der Waals surface area contributed by atoms with Gasteiger partial charge in [-0.3, -0.25) is 4.79 Å². The van der Waals surface area contributed by atoms with E-state index in [1.807, 2.05) is 30.3 Å². The largest absolute Gasteiger partial charge is 0.480 e. The summed E-state index contributed by atoms with van der Waals surface area (Å²) in [6, 6.07) is 8.41. The number of aliphatic hydroxyl groups excluding tert-OH is 1. The molecule has 19 heavy (non-hydrogen) atoms. The van der Waals surface area contributed by atoms with Gasteiger partial charge >= 0.3 is 5.97 Å². The van der Waals surface area contributed by atoms with Gasteiger partial charge in [0.15, 0.2) is 0 Å². The van der Waals surface area contributed by atoms with E-state index in [1.54, 1.807) is 0 Å². The number of thioether (sulfide) groups is 1. The molecule has 1 aromatic rings. The molecule has 104 valence electrons. The summed E-state index contributed by atoms with van der Waals surface area (Å²) in [4.78, 5) is 21.9. The van der Waals surface area contributed by atoms with Crippen molar-refractivity contribution < 1.29 is 19.8 Å². The molecule has 0 bridgehead atoms. The Morgan fingerprint density at radius 3 is 2.42 bits per heavy atom. The van der Waals surface area contributed by atoms with Crippen LogP contribution in [0.5, 0.6) is 0 Å². The minimum absolute atomic E-state index is 0.0823. The van der Waals surface area contributed by atoms with E-state index in [0.29, 0.717) is 0 Å². The highest BCUT2D eigenvalue weighted by atomic mass is 32.2. The van der Waals surface area contributed by atoms with Gasteiger partial charge in [0, 0.05) is 12.7 Å². The number of carboxylic acid groups (broad SMARTS) is 1. The molecule has 0 aliphatic rings. The van der Waals surface area contributed by atoms with E-state index in [1.165, 1.54) is 18.7 Å². The summed E-state index contributed by atoms with van der Waals surface area (Å²) in [7, 11) is 0. The Hall–Kier alpha value is -1.53. The third kappa shape index (κ3) is 5.32. The first-order valence-corrected chi connectivity index (χ1v) is 6.86. The normalized spacial score (nSPS) is 13.6. The quantitative estimate of drug-likeness (QED) is 0.696. The van der Waals surface area contributed by atoms with E-state index in [0.717, 1.165) is 5.56 Å². The zero-order valence-electron chi connectivity index (χ0n) is 10.6. The Morgan fingerprint density at radius 1 is 1.32 bits per heavy atom. The van der Waals surface area contributed by atoms with Crippen LogP contribution in [0.4, 0.5) is 0 Å². The van der Waals surface area contributed by atoms with E-state index in [-0.39, 0.29) is 23.5 Å². The predicted octanol–water partition coefficient (Wildman–Crippen LogP) is 1.04. The molecule has 1 rings (SSSR count). The molecular formula is C13H17NO4S. The second kappa shape index (κ2) is 7.81. The highest BCUT2D eigenvalue weighted by Crippen LogP contribution is 2.28. The van der Waals surface area contributed by atoms with Gasteiger partial charge in [-0.2, -0.15) is 0 Å². The molecule has 0 aliphatic carbocycles. The average molecular weight is 283 g/mol. The van der Waals surface area contributed by atoms with Gasteiger partial charge in [0.1, 0.15) is 6.04 Å². The zero-order valence-corrected chi connectivity index (χ0v) is 11.4. The van der Waals surface area contributed by atoms with Crippen LogP contribution in [0, 0.1) is 0 Å². The molecule has 3 N–H and O–H groups in total. The summed E-state index contributed by atoms with van der Waals surface area (Å²) >= 11 is 1.31. The molecule has 0 unspecified atom stereocenters. The topological polar surface area (TPSA) is 86.6 Å². The summed E-state index contributed by atoms with van der Waals surface area (Å²) in [5.41, 5.74) is 0.932. The summed E-state index contributed by atoms with van der Waals surface area (Å²) in [5, 5.41) is 20.5. The van der Waals surface area contributed by atoms with Gasteiger partial charge in [-0.25, -0.2) is 4.79 Å². The molecule has 0 aromatic heterocycles. The first-order chi connectivity index (χ1) is 9.04. The van der Waals surface area contributed by atoms with Crippen molar-refractivity contribution in [3.8, 4) is 0 Å². The third-order valence-electron chi connectivity index (χ3n) is 2.48. The van der Waals surface area contributed by atoms with Gasteiger partial charge < -0.3 is 15.5 Å². The number of hydrogen-bond acceptors (Lipinski definition) is 4. The summed E-state index contributed by atoms with van der Waals surface area (Å²) in [5.74, 6) is -1.25. The van der Waals surface area contributed by atoms with E-state index < -0.39 is 12.0 Å². The van der Waals surface area contributed by atoms with Gasteiger partial charge in [-0.1, -0.05) is 30.3 Å². The van der Waals surface area contributed by atoms with Crippen LogP contribution in [0.25, 0.3) is 0 Å². The molecule has 0 heterocycles. The van der Waals surface area contributed by atoms with E-state index in [2.05, 4.69) is 5.32 Å². The maximum atomic E-state index is 11.0. The zero-order chi connectivity index (χ0) is 14.3. The van der Waals surface area contributed by atoms with Crippen molar-refractivity contribution in [3.05, 3.63) is 35.9 Å². The van der Waals surface area contributed by atoms with Crippen molar-refractivity contribution in [2.75, 3.05) is 12.4 Å². The van der Waals surface area contributed by atoms with Crippen molar-refractivity contribution >= 4 is 23.6 Å². The lowest BCUT2D eigenvalue weighted by Crippen LogP contribution is -2.41. The van der Waals surface area contributed by atoms with Crippen LogP contribution >= 0.6 is 11.8 Å². The number of benzene rings is 1. The molecule has 1 aromatic carbocycles. The Labute approximate surface area is 116 Å². The first-order valence-electron chi connectivity index (χ1n) is 5.82. The van der Waals surface area contributed by atoms with Crippen molar-refractivity contribution in [1.29, 1.82) is 0 Å². The maximum Gasteiger partial charge on any atom is 0.327 e. The standard InChI is InChI=1S/C13H17NO4S/c1-9(16)14-11(13(17)18)8-19-12(7-15)10-5-3-2-4-6-10/h2-6,11-12,15H,7-8H2,1H3,(H,14,16)(H,17,18)/t11-,12+/m0/s1. The van der Waals surface area contributed by atoms with Gasteiger partial charge in [-0.15, -0.1) is 11.8 Å². The first kappa shape index (κ1) is 15.5. The average Bonchev–Trinajstić information content (AvgIpc) is 2.38. The number of carbonyl (C=O) groups excluding carboxylic acids is 1. The molecule has 5 nitrogen and oxygen atoms in total. The molecular weight excluding hydrogens is 266 g/mol. The fourth-order valence-electron chi connectivity index (χ4n) is 1.55. The second-order valence-electron chi connectivity index (χ2n) is 4.01. The lowest BCUT2D eigenvalue weighted by Gasteiger charge is -2.18. The van der Waals surface area contributed by atoms with Crippen LogP contribution in [-0.4, -0.2) is 40.5 Å². The second-order valence-corrected chi connectivity index (χ2v) is 5.24. The number of carboxylic acids is 1. The van der Waals surface area contributed by atoms with Crippen molar-refractivity contribution in [1.82, 2.24) is 5.32 Å². The number of aliphatic carboxylic acids is 1. The fraction of sp³-hybridized carbons (Fsp3) is 0.385. The van der Waals surface area contributed by atoms with Crippen LogP contribution in [0.3, 0.4) is 0 Å². The van der Waals surface area contributed by atoms with E-state index in [9.17, 15) is 14.7 Å². The van der Waals surface area contributed by atoms with Crippen molar-refractivity contribution in [3.63, 3.8) is 0 Å². The molecule has 0 saturated heterocycles. The van der Waals surface area contributed by atoms with Gasteiger partial charge in [0.05, 0.1) is 11.9 Å². The summed E-state index contributed by atoms with van der Waals surface area (Å²) in [6.07, 6.45) is 0. The monoisotopic (exact) mass is 283 g/mol. The van der Waals surface area contributed by atoms with E-state index in [4.69, 9.17) is 5.11 Å². The lowest BCUT2D eigenvalue weighted by molar-refractivity contribution is -0.140. The molecule has 0 spiro atoms. The van der Waals surface area contributed by atoms with Gasteiger partial charge in [0.25, 0.3) is 0 Å². The molecule has 6 heteroatoms.